The van der Waals surface area contributed by atoms with Gasteiger partial charge in [-0.25, -0.2) is 4.79 Å². The smallest absolute Gasteiger partial charge is 0.319 e. The molecule has 1 rings (SSSR count). The van der Waals surface area contributed by atoms with E-state index in [0.29, 0.717) is 32.7 Å². The average Bonchev–Trinajstić information content (AvgIpc) is 2.39. The maximum Gasteiger partial charge on any atom is 0.319 e. The SMILES string of the molecule is CCC(CN)C(=O)N1CCN(C(=O)N(C)C)CC1. The summed E-state index contributed by atoms with van der Waals surface area (Å²) in [5, 5.41) is 0. The Kier molecular flexibility index (Phi) is 5.40. The van der Waals surface area contributed by atoms with Crippen molar-refractivity contribution in [1.29, 1.82) is 0 Å². The molecule has 1 aliphatic heterocycles. The van der Waals surface area contributed by atoms with Crippen molar-refractivity contribution in [2.45, 2.75) is 13.3 Å². The van der Waals surface area contributed by atoms with Crippen molar-refractivity contribution >= 4 is 11.9 Å². The molecule has 1 atom stereocenters. The summed E-state index contributed by atoms with van der Waals surface area (Å²) in [6.45, 7) is 4.78. The quantitative estimate of drug-likeness (QED) is 0.760. The normalized spacial score (nSPS) is 17.6. The first kappa shape index (κ1) is 14.8. The van der Waals surface area contributed by atoms with Crippen LogP contribution in [0.3, 0.4) is 0 Å². The van der Waals surface area contributed by atoms with Crippen LogP contribution in [-0.4, -0.2) is 73.5 Å². The molecule has 3 amide bonds. The van der Waals surface area contributed by atoms with Gasteiger partial charge in [0.1, 0.15) is 0 Å². The molecule has 0 aliphatic carbocycles. The van der Waals surface area contributed by atoms with Crippen LogP contribution in [0, 0.1) is 5.92 Å². The molecular formula is C12H24N4O2. The van der Waals surface area contributed by atoms with Crippen LogP contribution in [0.1, 0.15) is 13.3 Å². The lowest BCUT2D eigenvalue weighted by Gasteiger charge is -2.37. The molecule has 0 aromatic heterocycles. The van der Waals surface area contributed by atoms with Gasteiger partial charge in [-0.15, -0.1) is 0 Å². The van der Waals surface area contributed by atoms with Crippen molar-refractivity contribution in [3.63, 3.8) is 0 Å². The molecule has 0 aromatic rings. The van der Waals surface area contributed by atoms with Crippen LogP contribution in [-0.2, 0) is 4.79 Å². The van der Waals surface area contributed by atoms with Crippen molar-refractivity contribution in [2.24, 2.45) is 11.7 Å². The minimum Gasteiger partial charge on any atom is -0.339 e. The number of carbonyl (C=O) groups is 2. The summed E-state index contributed by atoms with van der Waals surface area (Å²) in [7, 11) is 3.47. The van der Waals surface area contributed by atoms with E-state index in [4.69, 9.17) is 5.73 Å². The monoisotopic (exact) mass is 256 g/mol. The molecule has 0 aromatic carbocycles. The highest BCUT2D eigenvalue weighted by atomic mass is 16.2. The minimum atomic E-state index is -0.0823. The Labute approximate surface area is 109 Å². The molecule has 1 aliphatic rings. The summed E-state index contributed by atoms with van der Waals surface area (Å²) in [6, 6.07) is 0.00738. The van der Waals surface area contributed by atoms with E-state index in [1.54, 1.807) is 23.9 Å². The average molecular weight is 256 g/mol. The molecule has 18 heavy (non-hydrogen) atoms. The van der Waals surface area contributed by atoms with E-state index in [1.807, 2.05) is 11.8 Å². The molecule has 104 valence electrons. The Morgan fingerprint density at radius 1 is 1.17 bits per heavy atom. The van der Waals surface area contributed by atoms with E-state index in [-0.39, 0.29) is 17.9 Å². The predicted octanol–water partition coefficient (Wildman–Crippen LogP) is -0.203. The van der Waals surface area contributed by atoms with Gasteiger partial charge in [0, 0.05) is 46.8 Å². The summed E-state index contributed by atoms with van der Waals surface area (Å²) in [5.74, 6) is 0.0399. The van der Waals surface area contributed by atoms with Crippen LogP contribution in [0.4, 0.5) is 4.79 Å². The third-order valence-corrected chi connectivity index (χ3v) is 3.37. The van der Waals surface area contributed by atoms with Gasteiger partial charge in [0.2, 0.25) is 5.91 Å². The molecule has 1 unspecified atom stereocenters. The van der Waals surface area contributed by atoms with Crippen LogP contribution in [0.15, 0.2) is 0 Å². The molecule has 1 fully saturated rings. The highest BCUT2D eigenvalue weighted by Gasteiger charge is 2.27. The molecular weight excluding hydrogens is 232 g/mol. The van der Waals surface area contributed by atoms with E-state index in [0.717, 1.165) is 6.42 Å². The molecule has 1 heterocycles. The number of nitrogens with two attached hydrogens (primary N) is 1. The number of hydrogen-bond acceptors (Lipinski definition) is 3. The third-order valence-electron chi connectivity index (χ3n) is 3.37. The molecule has 1 saturated heterocycles. The van der Waals surface area contributed by atoms with Gasteiger partial charge in [-0.3, -0.25) is 4.79 Å². The van der Waals surface area contributed by atoms with Crippen molar-refractivity contribution in [3.8, 4) is 0 Å². The van der Waals surface area contributed by atoms with Gasteiger partial charge in [-0.05, 0) is 6.42 Å². The lowest BCUT2D eigenvalue weighted by Crippen LogP contribution is -2.54. The molecule has 0 saturated carbocycles. The summed E-state index contributed by atoms with van der Waals surface area (Å²) in [5.41, 5.74) is 5.59. The number of carbonyl (C=O) groups excluding carboxylic acids is 2. The van der Waals surface area contributed by atoms with E-state index in [9.17, 15) is 9.59 Å². The summed E-state index contributed by atoms with van der Waals surface area (Å²) >= 11 is 0. The maximum absolute atomic E-state index is 12.1. The number of amides is 3. The maximum atomic E-state index is 12.1. The molecule has 6 nitrogen and oxygen atoms in total. The Morgan fingerprint density at radius 3 is 2.06 bits per heavy atom. The zero-order chi connectivity index (χ0) is 13.7. The standard InChI is InChI=1S/C12H24N4O2/c1-4-10(9-13)11(17)15-5-7-16(8-6-15)12(18)14(2)3/h10H,4-9,13H2,1-3H3. The fourth-order valence-corrected chi connectivity index (χ4v) is 2.10. The summed E-state index contributed by atoms with van der Waals surface area (Å²) in [4.78, 5) is 29.0. The molecule has 0 spiro atoms. The largest absolute Gasteiger partial charge is 0.339 e. The highest BCUT2D eigenvalue weighted by Crippen LogP contribution is 2.10. The van der Waals surface area contributed by atoms with Gasteiger partial charge in [0.05, 0.1) is 5.92 Å². The lowest BCUT2D eigenvalue weighted by atomic mass is 10.0. The zero-order valence-electron chi connectivity index (χ0n) is 11.6. The Morgan fingerprint density at radius 2 is 1.67 bits per heavy atom. The van der Waals surface area contributed by atoms with Gasteiger partial charge in [-0.1, -0.05) is 6.92 Å². The van der Waals surface area contributed by atoms with Crippen molar-refractivity contribution < 1.29 is 9.59 Å². The van der Waals surface area contributed by atoms with E-state index >= 15 is 0 Å². The van der Waals surface area contributed by atoms with Crippen LogP contribution in [0.5, 0.6) is 0 Å². The molecule has 6 heteroatoms. The highest BCUT2D eigenvalue weighted by molar-refractivity contribution is 5.79. The number of nitrogens with zero attached hydrogens (tertiary/aromatic N) is 3. The van der Waals surface area contributed by atoms with Gasteiger partial charge in [0.15, 0.2) is 0 Å². The second-order valence-electron chi connectivity index (χ2n) is 4.83. The molecule has 2 N–H and O–H groups in total. The summed E-state index contributed by atoms with van der Waals surface area (Å²) < 4.78 is 0. The number of urea groups is 1. The predicted molar refractivity (Wildman–Crippen MR) is 70.1 cm³/mol. The first-order valence-electron chi connectivity index (χ1n) is 6.46. The topological polar surface area (TPSA) is 69.9 Å². The van der Waals surface area contributed by atoms with Crippen molar-refractivity contribution in [2.75, 3.05) is 46.8 Å². The lowest BCUT2D eigenvalue weighted by molar-refractivity contribution is -0.136. The van der Waals surface area contributed by atoms with Gasteiger partial charge in [-0.2, -0.15) is 0 Å². The Hall–Kier alpha value is -1.30. The van der Waals surface area contributed by atoms with E-state index in [1.165, 1.54) is 0 Å². The van der Waals surface area contributed by atoms with E-state index < -0.39 is 0 Å². The van der Waals surface area contributed by atoms with Gasteiger partial charge in [0.25, 0.3) is 0 Å². The van der Waals surface area contributed by atoms with E-state index in [2.05, 4.69) is 0 Å². The fraction of sp³-hybridized carbons (Fsp3) is 0.833. The Bertz CT molecular complexity index is 294. The van der Waals surface area contributed by atoms with Crippen molar-refractivity contribution in [3.05, 3.63) is 0 Å². The third kappa shape index (κ3) is 3.35. The minimum absolute atomic E-state index is 0.00738. The van der Waals surface area contributed by atoms with Crippen molar-refractivity contribution in [1.82, 2.24) is 14.7 Å². The fourth-order valence-electron chi connectivity index (χ4n) is 2.10. The first-order valence-corrected chi connectivity index (χ1v) is 6.46. The van der Waals surface area contributed by atoms with Gasteiger partial charge >= 0.3 is 6.03 Å². The van der Waals surface area contributed by atoms with Crippen LogP contribution in [0.25, 0.3) is 0 Å². The second-order valence-corrected chi connectivity index (χ2v) is 4.83. The number of hydrogen-bond donors (Lipinski definition) is 1. The number of piperazine rings is 1. The van der Waals surface area contributed by atoms with Gasteiger partial charge < -0.3 is 20.4 Å². The first-order chi connectivity index (χ1) is 8.51. The Balaban J connectivity index is 2.49. The zero-order valence-corrected chi connectivity index (χ0v) is 11.6. The number of rotatable bonds is 3. The molecule has 0 radical (unpaired) electrons. The van der Waals surface area contributed by atoms with Crippen LogP contribution < -0.4 is 5.73 Å². The van der Waals surface area contributed by atoms with Crippen LogP contribution >= 0.6 is 0 Å². The summed E-state index contributed by atoms with van der Waals surface area (Å²) in [6.07, 6.45) is 0.770. The molecule has 0 bridgehead atoms. The second kappa shape index (κ2) is 6.58. The van der Waals surface area contributed by atoms with Crippen LogP contribution in [0.2, 0.25) is 0 Å².